The van der Waals surface area contributed by atoms with Gasteiger partial charge in [0.25, 0.3) is 0 Å². The Morgan fingerprint density at radius 2 is 2.17 bits per heavy atom. The molecule has 0 aliphatic heterocycles. The summed E-state index contributed by atoms with van der Waals surface area (Å²) in [5.41, 5.74) is 5.66. The predicted molar refractivity (Wildman–Crippen MR) is 54.3 cm³/mol. The zero-order chi connectivity index (χ0) is 9.61. The van der Waals surface area contributed by atoms with Crippen molar-refractivity contribution in [2.24, 2.45) is 5.73 Å². The Morgan fingerprint density at radius 3 is 2.58 bits per heavy atom. The van der Waals surface area contributed by atoms with Gasteiger partial charge in [0.1, 0.15) is 0 Å². The molecule has 0 fully saturated rings. The van der Waals surface area contributed by atoms with Gasteiger partial charge in [0.05, 0.1) is 0 Å². The normalized spacial score (nSPS) is 11.3. The summed E-state index contributed by atoms with van der Waals surface area (Å²) < 4.78 is 0. The summed E-state index contributed by atoms with van der Waals surface area (Å²) in [5, 5.41) is 2.73. The van der Waals surface area contributed by atoms with E-state index in [1.54, 1.807) is 11.8 Å². The molecule has 0 radical (unpaired) electrons. The van der Waals surface area contributed by atoms with Gasteiger partial charge in [-0.05, 0) is 13.8 Å². The molecule has 3 nitrogen and oxygen atoms in total. The number of thioether (sulfide) groups is 1. The van der Waals surface area contributed by atoms with E-state index in [-0.39, 0.29) is 11.4 Å². The third kappa shape index (κ3) is 9.78. The Labute approximate surface area is 78.5 Å². The lowest BCUT2D eigenvalue weighted by molar-refractivity contribution is -0.118. The molecule has 0 bridgehead atoms. The highest BCUT2D eigenvalue weighted by Gasteiger charge is 2.09. The number of rotatable bonds is 5. The second-order valence-electron chi connectivity index (χ2n) is 3.52. The van der Waals surface area contributed by atoms with Gasteiger partial charge >= 0.3 is 0 Å². The molecule has 0 atom stereocenters. The van der Waals surface area contributed by atoms with Gasteiger partial charge in [-0.15, -0.1) is 0 Å². The smallest absolute Gasteiger partial charge is 0.216 e. The number of hydrogen-bond acceptors (Lipinski definition) is 3. The molecule has 72 valence electrons. The minimum Gasteiger partial charge on any atom is -0.356 e. The van der Waals surface area contributed by atoms with E-state index in [9.17, 15) is 4.79 Å². The molecular formula is C8H18N2OS. The van der Waals surface area contributed by atoms with E-state index < -0.39 is 0 Å². The highest BCUT2D eigenvalue weighted by atomic mass is 32.2. The third-order valence-corrected chi connectivity index (χ3v) is 2.54. The average Bonchev–Trinajstić information content (AvgIpc) is 1.83. The molecule has 1 amide bonds. The quantitative estimate of drug-likeness (QED) is 0.624. The van der Waals surface area contributed by atoms with Crippen molar-refractivity contribution in [3.8, 4) is 0 Å². The first kappa shape index (κ1) is 11.8. The lowest BCUT2D eigenvalue weighted by Gasteiger charge is -2.17. The number of nitrogens with two attached hydrogens (primary N) is 1. The van der Waals surface area contributed by atoms with Crippen LogP contribution in [0.5, 0.6) is 0 Å². The summed E-state index contributed by atoms with van der Waals surface area (Å²) in [6.45, 7) is 6.25. The van der Waals surface area contributed by atoms with Crippen molar-refractivity contribution in [2.75, 3.05) is 18.1 Å². The van der Waals surface area contributed by atoms with Crippen LogP contribution in [0, 0.1) is 0 Å². The molecule has 0 unspecified atom stereocenters. The van der Waals surface area contributed by atoms with Crippen LogP contribution in [0.3, 0.4) is 0 Å². The van der Waals surface area contributed by atoms with E-state index >= 15 is 0 Å². The second kappa shape index (κ2) is 5.43. The zero-order valence-electron chi connectivity index (χ0n) is 8.02. The number of nitrogens with one attached hydrogen (secondary N) is 1. The van der Waals surface area contributed by atoms with Crippen LogP contribution >= 0.6 is 11.8 Å². The average molecular weight is 190 g/mol. The molecule has 0 aromatic heterocycles. The molecule has 12 heavy (non-hydrogen) atoms. The summed E-state index contributed by atoms with van der Waals surface area (Å²) >= 11 is 1.76. The van der Waals surface area contributed by atoms with Gasteiger partial charge in [-0.25, -0.2) is 0 Å². The number of amides is 1. The SMILES string of the molecule is CC(=O)NCCSCC(C)(C)N. The maximum absolute atomic E-state index is 10.5. The lowest BCUT2D eigenvalue weighted by Crippen LogP contribution is -2.35. The van der Waals surface area contributed by atoms with Crippen molar-refractivity contribution in [1.29, 1.82) is 0 Å². The molecule has 4 heteroatoms. The van der Waals surface area contributed by atoms with E-state index in [0.717, 1.165) is 18.1 Å². The van der Waals surface area contributed by atoms with Gasteiger partial charge in [0.2, 0.25) is 5.91 Å². The highest BCUT2D eigenvalue weighted by Crippen LogP contribution is 2.08. The van der Waals surface area contributed by atoms with E-state index in [0.29, 0.717) is 0 Å². The molecule has 0 aromatic carbocycles. The van der Waals surface area contributed by atoms with Crippen molar-refractivity contribution < 1.29 is 4.79 Å². The Balaban J connectivity index is 3.17. The van der Waals surface area contributed by atoms with Crippen LogP contribution in [0.1, 0.15) is 20.8 Å². The fourth-order valence-corrected chi connectivity index (χ4v) is 1.55. The van der Waals surface area contributed by atoms with E-state index in [1.165, 1.54) is 6.92 Å². The van der Waals surface area contributed by atoms with Crippen LogP contribution in [0.2, 0.25) is 0 Å². The maximum Gasteiger partial charge on any atom is 0.216 e. The molecule has 0 aliphatic carbocycles. The number of hydrogen-bond donors (Lipinski definition) is 2. The van der Waals surface area contributed by atoms with Crippen molar-refractivity contribution in [2.45, 2.75) is 26.3 Å². The molecule has 0 rings (SSSR count). The fraction of sp³-hybridized carbons (Fsp3) is 0.875. The predicted octanol–water partition coefficient (Wildman–Crippen LogP) is 0.593. The molecule has 0 heterocycles. The summed E-state index contributed by atoms with van der Waals surface area (Å²) in [6.07, 6.45) is 0. The van der Waals surface area contributed by atoms with Crippen LogP contribution in [0.15, 0.2) is 0 Å². The van der Waals surface area contributed by atoms with E-state index in [2.05, 4.69) is 5.32 Å². The molecule has 0 spiro atoms. The highest BCUT2D eigenvalue weighted by molar-refractivity contribution is 7.99. The first-order chi connectivity index (χ1) is 5.42. The van der Waals surface area contributed by atoms with Crippen LogP contribution in [-0.4, -0.2) is 29.5 Å². The van der Waals surface area contributed by atoms with Gasteiger partial charge in [-0.3, -0.25) is 4.79 Å². The first-order valence-electron chi connectivity index (χ1n) is 4.03. The molecule has 0 saturated heterocycles. The Bertz CT molecular complexity index is 142. The van der Waals surface area contributed by atoms with Crippen LogP contribution in [0.25, 0.3) is 0 Å². The zero-order valence-corrected chi connectivity index (χ0v) is 8.83. The van der Waals surface area contributed by atoms with Crippen LogP contribution in [0.4, 0.5) is 0 Å². The lowest BCUT2D eigenvalue weighted by atomic mass is 10.1. The second-order valence-corrected chi connectivity index (χ2v) is 4.63. The molecule has 0 saturated carbocycles. The third-order valence-electron chi connectivity index (χ3n) is 1.09. The molecule has 3 N–H and O–H groups in total. The Kier molecular flexibility index (Phi) is 5.33. The standard InChI is InChI=1S/C8H18N2OS/c1-7(11)10-4-5-12-6-8(2,3)9/h4-6,9H2,1-3H3,(H,10,11). The van der Waals surface area contributed by atoms with Crippen molar-refractivity contribution >= 4 is 17.7 Å². The summed E-state index contributed by atoms with van der Waals surface area (Å²) in [4.78, 5) is 10.5. The minimum absolute atomic E-state index is 0.0302. The van der Waals surface area contributed by atoms with Gasteiger partial charge in [0.15, 0.2) is 0 Å². The fourth-order valence-electron chi connectivity index (χ4n) is 0.634. The monoisotopic (exact) mass is 190 g/mol. The Hall–Kier alpha value is -0.220. The van der Waals surface area contributed by atoms with Gasteiger partial charge in [-0.1, -0.05) is 0 Å². The summed E-state index contributed by atoms with van der Waals surface area (Å²) in [5.74, 6) is 1.88. The van der Waals surface area contributed by atoms with Gasteiger partial charge < -0.3 is 11.1 Å². The van der Waals surface area contributed by atoms with Crippen molar-refractivity contribution in [1.82, 2.24) is 5.32 Å². The summed E-state index contributed by atoms with van der Waals surface area (Å²) in [6, 6.07) is 0. The molecule has 0 aliphatic rings. The largest absolute Gasteiger partial charge is 0.356 e. The topological polar surface area (TPSA) is 55.1 Å². The Morgan fingerprint density at radius 1 is 1.58 bits per heavy atom. The van der Waals surface area contributed by atoms with Crippen LogP contribution in [-0.2, 0) is 4.79 Å². The maximum atomic E-state index is 10.5. The van der Waals surface area contributed by atoms with Gasteiger partial charge in [0, 0.05) is 30.5 Å². The first-order valence-corrected chi connectivity index (χ1v) is 5.18. The van der Waals surface area contributed by atoms with E-state index in [4.69, 9.17) is 5.73 Å². The van der Waals surface area contributed by atoms with Crippen LogP contribution < -0.4 is 11.1 Å². The van der Waals surface area contributed by atoms with Crippen molar-refractivity contribution in [3.05, 3.63) is 0 Å². The molecule has 0 aromatic rings. The van der Waals surface area contributed by atoms with Gasteiger partial charge in [-0.2, -0.15) is 11.8 Å². The van der Waals surface area contributed by atoms with E-state index in [1.807, 2.05) is 13.8 Å². The molecular weight excluding hydrogens is 172 g/mol. The summed E-state index contributed by atoms with van der Waals surface area (Å²) in [7, 11) is 0. The van der Waals surface area contributed by atoms with Crippen molar-refractivity contribution in [3.63, 3.8) is 0 Å². The number of carbonyl (C=O) groups is 1. The minimum atomic E-state index is -0.110. The number of carbonyl (C=O) groups excluding carboxylic acids is 1.